The van der Waals surface area contributed by atoms with Gasteiger partial charge in [-0.05, 0) is 45.8 Å². The number of hydrogen-bond donors (Lipinski definition) is 2. The van der Waals surface area contributed by atoms with Crippen LogP contribution in [0.25, 0.3) is 0 Å². The minimum Gasteiger partial charge on any atom is -0.369 e. The van der Waals surface area contributed by atoms with Crippen LogP contribution in [0.1, 0.15) is 11.6 Å². The molecule has 0 heterocycles. The smallest absolute Gasteiger partial charge is 0.244 e. The zero-order valence-electron chi connectivity index (χ0n) is 9.94. The van der Waals surface area contributed by atoms with E-state index in [1.165, 1.54) is 0 Å². The molecule has 5 heteroatoms. The highest BCUT2D eigenvalue weighted by Gasteiger charge is 2.18. The summed E-state index contributed by atoms with van der Waals surface area (Å²) in [6, 6.07) is 14.0. The summed E-state index contributed by atoms with van der Waals surface area (Å²) in [5.41, 5.74) is 6.99. The van der Waals surface area contributed by atoms with E-state index in [0.29, 0.717) is 5.02 Å². The lowest BCUT2D eigenvalue weighted by molar-refractivity contribution is -0.118. The van der Waals surface area contributed by atoms with Crippen LogP contribution in [-0.4, -0.2) is 5.91 Å². The summed E-state index contributed by atoms with van der Waals surface area (Å²) < 4.78 is 0.864. The number of carbonyl (C=O) groups is 1. The monoisotopic (exact) mass is 338 g/mol. The van der Waals surface area contributed by atoms with E-state index in [2.05, 4.69) is 21.2 Å². The van der Waals surface area contributed by atoms with Crippen LogP contribution in [0.15, 0.2) is 53.0 Å². The van der Waals surface area contributed by atoms with Gasteiger partial charge >= 0.3 is 0 Å². The van der Waals surface area contributed by atoms with Crippen LogP contribution in [0.5, 0.6) is 0 Å². The molecule has 2 rings (SSSR count). The first kappa shape index (κ1) is 13.9. The zero-order valence-corrected chi connectivity index (χ0v) is 12.3. The average Bonchev–Trinajstić information content (AvgIpc) is 2.37. The van der Waals surface area contributed by atoms with Crippen molar-refractivity contribution in [2.45, 2.75) is 6.04 Å². The van der Waals surface area contributed by atoms with E-state index in [0.717, 1.165) is 15.7 Å². The Labute approximate surface area is 124 Å². The summed E-state index contributed by atoms with van der Waals surface area (Å²) in [7, 11) is 0. The fourth-order valence-corrected chi connectivity index (χ4v) is 2.34. The van der Waals surface area contributed by atoms with Gasteiger partial charge in [0.2, 0.25) is 5.91 Å². The second kappa shape index (κ2) is 6.08. The third-order valence-electron chi connectivity index (χ3n) is 2.64. The third-order valence-corrected chi connectivity index (χ3v) is 3.57. The van der Waals surface area contributed by atoms with Crippen LogP contribution in [0.3, 0.4) is 0 Å². The molecule has 0 radical (unpaired) electrons. The maximum atomic E-state index is 11.6. The van der Waals surface area contributed by atoms with Crippen molar-refractivity contribution in [1.82, 2.24) is 0 Å². The molecule has 2 aromatic rings. The van der Waals surface area contributed by atoms with E-state index in [-0.39, 0.29) is 0 Å². The molecule has 19 heavy (non-hydrogen) atoms. The summed E-state index contributed by atoms with van der Waals surface area (Å²) in [6.07, 6.45) is 0. The van der Waals surface area contributed by atoms with Crippen LogP contribution in [0, 0.1) is 0 Å². The quantitative estimate of drug-likeness (QED) is 0.891. The number of nitrogens with two attached hydrogens (primary N) is 1. The number of nitrogens with one attached hydrogen (secondary N) is 1. The predicted molar refractivity (Wildman–Crippen MR) is 81.2 cm³/mol. The molecule has 0 fully saturated rings. The van der Waals surface area contributed by atoms with Gasteiger partial charge in [0, 0.05) is 15.2 Å². The molecular weight excluding hydrogens is 328 g/mol. The summed E-state index contributed by atoms with van der Waals surface area (Å²) in [6.45, 7) is 0. The summed E-state index contributed by atoms with van der Waals surface area (Å²) >= 11 is 9.36. The van der Waals surface area contributed by atoms with Crippen molar-refractivity contribution in [3.8, 4) is 0 Å². The largest absolute Gasteiger partial charge is 0.369 e. The number of rotatable bonds is 4. The van der Waals surface area contributed by atoms with Gasteiger partial charge in [-0.1, -0.05) is 35.9 Å². The van der Waals surface area contributed by atoms with Crippen LogP contribution >= 0.6 is 27.5 Å². The molecule has 0 bridgehead atoms. The van der Waals surface area contributed by atoms with E-state index in [1.807, 2.05) is 30.3 Å². The number of hydrogen-bond acceptors (Lipinski definition) is 2. The second-order valence-electron chi connectivity index (χ2n) is 4.01. The van der Waals surface area contributed by atoms with Gasteiger partial charge in [-0.2, -0.15) is 0 Å². The Morgan fingerprint density at radius 2 is 1.95 bits per heavy atom. The van der Waals surface area contributed by atoms with Crippen molar-refractivity contribution < 1.29 is 4.79 Å². The first-order valence-corrected chi connectivity index (χ1v) is 6.81. The van der Waals surface area contributed by atoms with Crippen molar-refractivity contribution in [3.63, 3.8) is 0 Å². The Morgan fingerprint density at radius 3 is 2.58 bits per heavy atom. The Balaban J connectivity index is 2.32. The lowest BCUT2D eigenvalue weighted by Gasteiger charge is -2.18. The lowest BCUT2D eigenvalue weighted by atomic mass is 10.1. The number of para-hydroxylation sites is 1. The molecule has 0 aliphatic carbocycles. The first-order valence-electron chi connectivity index (χ1n) is 5.64. The number of primary amides is 1. The highest BCUT2D eigenvalue weighted by molar-refractivity contribution is 9.10. The van der Waals surface area contributed by atoms with Crippen molar-refractivity contribution in [1.29, 1.82) is 0 Å². The third kappa shape index (κ3) is 3.49. The number of benzene rings is 2. The van der Waals surface area contributed by atoms with E-state index in [1.54, 1.807) is 18.2 Å². The minimum atomic E-state index is -0.627. The Hall–Kier alpha value is -1.52. The summed E-state index contributed by atoms with van der Waals surface area (Å²) in [4.78, 5) is 11.6. The SMILES string of the molecule is NC(=O)C(Nc1ccccc1Br)c1cccc(Cl)c1. The van der Waals surface area contributed by atoms with Gasteiger partial charge in [-0.15, -0.1) is 0 Å². The molecule has 1 unspecified atom stereocenters. The topological polar surface area (TPSA) is 55.1 Å². The lowest BCUT2D eigenvalue weighted by Crippen LogP contribution is -2.27. The molecule has 3 nitrogen and oxygen atoms in total. The Kier molecular flexibility index (Phi) is 4.45. The number of amides is 1. The van der Waals surface area contributed by atoms with Gasteiger partial charge in [0.25, 0.3) is 0 Å². The molecule has 0 aromatic heterocycles. The standard InChI is InChI=1S/C14H12BrClN2O/c15-11-6-1-2-7-12(11)18-13(14(17)19)9-4-3-5-10(16)8-9/h1-8,13,18H,(H2,17,19). The maximum absolute atomic E-state index is 11.6. The van der Waals surface area contributed by atoms with Gasteiger partial charge in [0.15, 0.2) is 0 Å². The molecule has 0 saturated carbocycles. The fourth-order valence-electron chi connectivity index (χ4n) is 1.74. The number of anilines is 1. The molecule has 0 saturated heterocycles. The van der Waals surface area contributed by atoms with Crippen molar-refractivity contribution >= 4 is 39.1 Å². The van der Waals surface area contributed by atoms with Gasteiger partial charge in [0.1, 0.15) is 6.04 Å². The maximum Gasteiger partial charge on any atom is 0.244 e. The molecule has 2 aromatic carbocycles. The van der Waals surface area contributed by atoms with Crippen molar-refractivity contribution in [2.75, 3.05) is 5.32 Å². The predicted octanol–water partition coefficient (Wildman–Crippen LogP) is 3.74. The second-order valence-corrected chi connectivity index (χ2v) is 5.31. The van der Waals surface area contributed by atoms with Crippen LogP contribution in [0.2, 0.25) is 5.02 Å². The molecule has 1 atom stereocenters. The normalized spacial score (nSPS) is 11.9. The van der Waals surface area contributed by atoms with Crippen molar-refractivity contribution in [3.05, 3.63) is 63.6 Å². The molecule has 0 spiro atoms. The van der Waals surface area contributed by atoms with Gasteiger partial charge in [-0.3, -0.25) is 4.79 Å². The molecule has 3 N–H and O–H groups in total. The van der Waals surface area contributed by atoms with E-state index >= 15 is 0 Å². The zero-order chi connectivity index (χ0) is 13.8. The molecule has 0 aliphatic rings. The van der Waals surface area contributed by atoms with Gasteiger partial charge in [-0.25, -0.2) is 0 Å². The highest BCUT2D eigenvalue weighted by atomic mass is 79.9. The number of halogens is 2. The van der Waals surface area contributed by atoms with E-state index < -0.39 is 11.9 Å². The Morgan fingerprint density at radius 1 is 1.21 bits per heavy atom. The molecular formula is C14H12BrClN2O. The van der Waals surface area contributed by atoms with Gasteiger partial charge < -0.3 is 11.1 Å². The van der Waals surface area contributed by atoms with E-state index in [4.69, 9.17) is 17.3 Å². The summed E-state index contributed by atoms with van der Waals surface area (Å²) in [5.74, 6) is -0.460. The number of carbonyl (C=O) groups excluding carboxylic acids is 1. The molecule has 98 valence electrons. The Bertz CT molecular complexity index is 604. The average molecular weight is 340 g/mol. The van der Waals surface area contributed by atoms with Crippen LogP contribution in [0.4, 0.5) is 5.69 Å². The van der Waals surface area contributed by atoms with E-state index in [9.17, 15) is 4.79 Å². The fraction of sp³-hybridized carbons (Fsp3) is 0.0714. The minimum absolute atomic E-state index is 0.460. The van der Waals surface area contributed by atoms with Crippen LogP contribution in [-0.2, 0) is 4.79 Å². The van der Waals surface area contributed by atoms with Crippen molar-refractivity contribution in [2.24, 2.45) is 5.73 Å². The van der Waals surface area contributed by atoms with Crippen LogP contribution < -0.4 is 11.1 Å². The first-order chi connectivity index (χ1) is 9.08. The molecule has 0 aliphatic heterocycles. The van der Waals surface area contributed by atoms with Gasteiger partial charge in [0.05, 0.1) is 0 Å². The molecule has 1 amide bonds. The summed E-state index contributed by atoms with van der Waals surface area (Å²) in [5, 5.41) is 3.68. The highest BCUT2D eigenvalue weighted by Crippen LogP contribution is 2.27.